The van der Waals surface area contributed by atoms with E-state index in [1.165, 1.54) is 105 Å². The summed E-state index contributed by atoms with van der Waals surface area (Å²) >= 11 is 0. The Labute approximate surface area is 606 Å². The van der Waals surface area contributed by atoms with Gasteiger partial charge in [-0.15, -0.1) is 0 Å². The summed E-state index contributed by atoms with van der Waals surface area (Å²) in [7, 11) is 0. The monoisotopic (exact) mass is 1330 g/mol. The normalized spacial score (nSPS) is 12.8. The van der Waals surface area contributed by atoms with Crippen LogP contribution < -0.4 is 16.4 Å². The minimum absolute atomic E-state index is 0.00941. The molecule has 0 N–H and O–H groups in total. The summed E-state index contributed by atoms with van der Waals surface area (Å²) in [4.78, 5) is 11.8. The molecular weight excluding hydrogens is 1240 g/mol. The van der Waals surface area contributed by atoms with Gasteiger partial charge in [-0.3, -0.25) is 0 Å². The third-order valence-electron chi connectivity index (χ3n) is 22.1. The lowest BCUT2D eigenvalue weighted by molar-refractivity contribution is 0.590. The van der Waals surface area contributed by atoms with Crippen LogP contribution in [0.15, 0.2) is 285 Å². The molecule has 0 aliphatic carbocycles. The van der Waals surface area contributed by atoms with Gasteiger partial charge in [-0.05, 0) is 218 Å². The highest BCUT2D eigenvalue weighted by molar-refractivity contribution is 7.00. The molecule has 0 atom stereocenters. The zero-order valence-electron chi connectivity index (χ0n) is 61.0. The van der Waals surface area contributed by atoms with E-state index in [-0.39, 0.29) is 28.4 Å². The minimum atomic E-state index is -0.171. The zero-order chi connectivity index (χ0) is 70.6. The standard InChI is InChI=1S/C98H83BN4/c1-95(2,3)75-37-33-64(34-38-75)70-51-81-79-57-77(97(7,8)9)41-43-87(79)102-89-55-73(56-90-91(89)99(83(53-70)92(81)102)84-54-71(65-35-39-76(40-36-65)96(4,5)6)52-82-80-58-78(98(10,11)12)42-44-88(80)103(90)93(82)84)86-59-85(72-47-66(60-25-17-13-18-26-60)45-67(48-72)61-27-19-14-20-28-61)100-94(101-86)74-49-68(62-29-21-15-22-30-62)46-69(50-74)63-31-23-16-24-32-63/h13-59H,1-12H3. The molecule has 498 valence electrons. The van der Waals surface area contributed by atoms with Gasteiger partial charge in [-0.2, -0.15) is 0 Å². The van der Waals surface area contributed by atoms with Gasteiger partial charge < -0.3 is 9.13 Å². The number of nitrogens with zero attached hydrogens (tertiary/aromatic N) is 4. The second kappa shape index (κ2) is 23.6. The summed E-state index contributed by atoms with van der Waals surface area (Å²) in [5.41, 5.74) is 34.5. The molecule has 0 spiro atoms. The van der Waals surface area contributed by atoms with Gasteiger partial charge in [-0.1, -0.05) is 277 Å². The Kier molecular flexibility index (Phi) is 14.6. The van der Waals surface area contributed by atoms with Gasteiger partial charge in [0, 0.05) is 60.6 Å². The first-order chi connectivity index (χ1) is 49.5. The van der Waals surface area contributed by atoms with E-state index >= 15 is 0 Å². The summed E-state index contributed by atoms with van der Waals surface area (Å²) in [6, 6.07) is 108. The molecule has 3 aromatic heterocycles. The first kappa shape index (κ1) is 63.8. The lowest BCUT2D eigenvalue weighted by atomic mass is 9.34. The fraction of sp³-hybridized carbons (Fsp3) is 0.163. The highest BCUT2D eigenvalue weighted by Gasteiger charge is 2.43. The van der Waals surface area contributed by atoms with Crippen LogP contribution in [0.5, 0.6) is 0 Å². The molecule has 5 heterocycles. The van der Waals surface area contributed by atoms with Crippen molar-refractivity contribution in [3.63, 3.8) is 0 Å². The van der Waals surface area contributed by atoms with Crippen molar-refractivity contribution in [2.45, 2.75) is 105 Å². The lowest BCUT2D eigenvalue weighted by Gasteiger charge is -2.34. The first-order valence-corrected chi connectivity index (χ1v) is 36.6. The van der Waals surface area contributed by atoms with Crippen LogP contribution in [-0.4, -0.2) is 25.8 Å². The van der Waals surface area contributed by atoms with E-state index in [0.717, 1.165) is 84.0 Å². The average molecular weight is 1330 g/mol. The molecule has 0 unspecified atom stereocenters. The molecule has 5 heteroatoms. The Morgan fingerprint density at radius 3 is 0.893 bits per heavy atom. The van der Waals surface area contributed by atoms with Crippen molar-refractivity contribution in [1.29, 1.82) is 0 Å². The summed E-state index contributed by atoms with van der Waals surface area (Å²) in [6.45, 7) is 27.7. The quantitative estimate of drug-likeness (QED) is 0.135. The fourth-order valence-electron chi connectivity index (χ4n) is 16.4. The molecule has 0 saturated heterocycles. The molecule has 0 saturated carbocycles. The number of rotatable bonds is 9. The van der Waals surface area contributed by atoms with E-state index in [1.807, 2.05) is 0 Å². The minimum Gasteiger partial charge on any atom is -0.310 e. The van der Waals surface area contributed by atoms with E-state index in [4.69, 9.17) is 9.97 Å². The maximum Gasteiger partial charge on any atom is 0.252 e. The highest BCUT2D eigenvalue weighted by Crippen LogP contribution is 2.46. The SMILES string of the molecule is CC(C)(C)c1ccc(-c2cc3c4c(c2)c2cc(C(C)(C)C)ccc2n4-c2cc(-c4cc(-c5cc(-c6ccccc6)cc(-c6ccccc6)c5)nc(-c5cc(-c6ccccc6)cc(-c6ccccc6)c5)n4)cc4c2B3c2cc(-c3ccc(C(C)(C)C)cc3)cc3c5cc(C(C)(C)C)ccc5n-4c23)cc1. The van der Waals surface area contributed by atoms with Crippen molar-refractivity contribution in [3.8, 4) is 112 Å². The molecule has 18 rings (SSSR count). The largest absolute Gasteiger partial charge is 0.310 e. The van der Waals surface area contributed by atoms with Crippen LogP contribution in [0, 0.1) is 0 Å². The van der Waals surface area contributed by atoms with E-state index in [0.29, 0.717) is 5.82 Å². The Hall–Kier alpha value is -11.4. The maximum absolute atomic E-state index is 5.96. The molecule has 16 aromatic rings. The summed E-state index contributed by atoms with van der Waals surface area (Å²) in [5, 5.41) is 5.01. The average Bonchev–Trinajstić information content (AvgIpc) is 1.54. The van der Waals surface area contributed by atoms with E-state index in [1.54, 1.807) is 0 Å². The van der Waals surface area contributed by atoms with E-state index in [2.05, 4.69) is 377 Å². The van der Waals surface area contributed by atoms with Crippen molar-refractivity contribution in [2.75, 3.05) is 0 Å². The van der Waals surface area contributed by atoms with Gasteiger partial charge in [0.2, 0.25) is 0 Å². The van der Waals surface area contributed by atoms with Crippen molar-refractivity contribution in [1.82, 2.24) is 19.1 Å². The van der Waals surface area contributed by atoms with Gasteiger partial charge in [0.15, 0.2) is 5.82 Å². The van der Waals surface area contributed by atoms with Crippen molar-refractivity contribution < 1.29 is 0 Å². The topological polar surface area (TPSA) is 35.6 Å². The van der Waals surface area contributed by atoms with Crippen LogP contribution in [0.4, 0.5) is 0 Å². The molecule has 0 fully saturated rings. The molecule has 4 nitrogen and oxygen atoms in total. The van der Waals surface area contributed by atoms with Gasteiger partial charge in [0.05, 0.1) is 22.4 Å². The summed E-state index contributed by atoms with van der Waals surface area (Å²) < 4.78 is 5.29. The number of benzene rings is 13. The predicted octanol–water partition coefficient (Wildman–Crippen LogP) is 24.0. The van der Waals surface area contributed by atoms with Gasteiger partial charge in [-0.25, -0.2) is 9.97 Å². The number of hydrogen-bond acceptors (Lipinski definition) is 2. The molecule has 2 aliphatic rings. The summed E-state index contributed by atoms with van der Waals surface area (Å²) in [6.07, 6.45) is 0. The molecule has 13 aromatic carbocycles. The third-order valence-corrected chi connectivity index (χ3v) is 22.1. The van der Waals surface area contributed by atoms with Crippen LogP contribution in [0.25, 0.3) is 156 Å². The fourth-order valence-corrected chi connectivity index (χ4v) is 16.4. The van der Waals surface area contributed by atoms with Crippen molar-refractivity contribution in [2.24, 2.45) is 0 Å². The Morgan fingerprint density at radius 2 is 0.544 bits per heavy atom. The van der Waals surface area contributed by atoms with E-state index in [9.17, 15) is 0 Å². The first-order valence-electron chi connectivity index (χ1n) is 36.6. The second-order valence-corrected chi connectivity index (χ2v) is 33.1. The third kappa shape index (κ3) is 11.0. The Morgan fingerprint density at radius 1 is 0.243 bits per heavy atom. The van der Waals surface area contributed by atoms with Crippen LogP contribution in [0.2, 0.25) is 0 Å². The molecule has 103 heavy (non-hydrogen) atoms. The smallest absolute Gasteiger partial charge is 0.252 e. The lowest BCUT2D eigenvalue weighted by Crippen LogP contribution is -2.59. The Bertz CT molecular complexity index is 5610. The molecule has 0 radical (unpaired) electrons. The summed E-state index contributed by atoms with van der Waals surface area (Å²) in [5.74, 6) is 0.645. The van der Waals surface area contributed by atoms with Crippen molar-refractivity contribution in [3.05, 3.63) is 307 Å². The van der Waals surface area contributed by atoms with Gasteiger partial charge >= 0.3 is 0 Å². The molecule has 0 amide bonds. The van der Waals surface area contributed by atoms with Gasteiger partial charge in [0.25, 0.3) is 6.71 Å². The predicted molar refractivity (Wildman–Crippen MR) is 439 cm³/mol. The highest BCUT2D eigenvalue weighted by atomic mass is 15.0. The molecule has 2 aliphatic heterocycles. The second-order valence-electron chi connectivity index (χ2n) is 33.1. The van der Waals surface area contributed by atoms with E-state index < -0.39 is 0 Å². The number of hydrogen-bond donors (Lipinski definition) is 0. The number of aromatic nitrogens is 4. The van der Waals surface area contributed by atoms with Gasteiger partial charge in [0.1, 0.15) is 0 Å². The van der Waals surface area contributed by atoms with Crippen LogP contribution in [0.1, 0.15) is 105 Å². The van der Waals surface area contributed by atoms with Crippen molar-refractivity contribution >= 4 is 66.7 Å². The zero-order valence-corrected chi connectivity index (χ0v) is 61.0. The van der Waals surface area contributed by atoms with Crippen LogP contribution in [-0.2, 0) is 21.7 Å². The maximum atomic E-state index is 5.96. The number of fused-ring (bicyclic) bond motifs is 10. The van der Waals surface area contributed by atoms with Crippen LogP contribution in [0.3, 0.4) is 0 Å². The molecule has 0 bridgehead atoms. The molecular formula is C98H83BN4. The Balaban J connectivity index is 0.979. The van der Waals surface area contributed by atoms with Crippen LogP contribution >= 0.6 is 0 Å².